The number of rotatable bonds is 4. The fourth-order valence-corrected chi connectivity index (χ4v) is 3.17. The van der Waals surface area contributed by atoms with E-state index in [1.165, 1.54) is 24.3 Å². The zero-order chi connectivity index (χ0) is 14.8. The number of benzene rings is 1. The first-order valence-corrected chi connectivity index (χ1v) is 8.49. The first-order valence-electron chi connectivity index (χ1n) is 6.60. The minimum atomic E-state index is -3.26. The predicted molar refractivity (Wildman–Crippen MR) is 75.3 cm³/mol. The number of amides is 1. The van der Waals surface area contributed by atoms with Gasteiger partial charge in [0.2, 0.25) is 0 Å². The molecule has 0 heterocycles. The average Bonchev–Trinajstić information content (AvgIpc) is 2.87. The summed E-state index contributed by atoms with van der Waals surface area (Å²) in [5.41, 5.74) is -0.121. The second-order valence-corrected chi connectivity index (χ2v) is 7.41. The van der Waals surface area contributed by atoms with Gasteiger partial charge in [-0.05, 0) is 37.1 Å². The molecule has 0 aromatic heterocycles. The van der Waals surface area contributed by atoms with Gasteiger partial charge in [-0.15, -0.1) is 0 Å². The van der Waals surface area contributed by atoms with Crippen molar-refractivity contribution in [1.82, 2.24) is 5.32 Å². The van der Waals surface area contributed by atoms with E-state index in [-0.39, 0.29) is 17.4 Å². The molecular formula is C14H19NO4S. The summed E-state index contributed by atoms with van der Waals surface area (Å²) in [5.74, 6) is -0.277. The molecule has 1 aromatic carbocycles. The van der Waals surface area contributed by atoms with Gasteiger partial charge in [0.05, 0.1) is 17.0 Å². The van der Waals surface area contributed by atoms with Crippen LogP contribution in [0.15, 0.2) is 29.2 Å². The van der Waals surface area contributed by atoms with Crippen molar-refractivity contribution in [2.45, 2.75) is 36.1 Å². The highest BCUT2D eigenvalue weighted by molar-refractivity contribution is 7.90. The second-order valence-electron chi connectivity index (χ2n) is 5.40. The van der Waals surface area contributed by atoms with Gasteiger partial charge in [0.25, 0.3) is 5.91 Å². The lowest BCUT2D eigenvalue weighted by Gasteiger charge is -2.28. The number of hydrogen-bond acceptors (Lipinski definition) is 4. The Kier molecular flexibility index (Phi) is 4.15. The number of nitrogens with one attached hydrogen (secondary N) is 1. The third-order valence-electron chi connectivity index (χ3n) is 3.79. The molecule has 0 aliphatic heterocycles. The molecule has 0 bridgehead atoms. The van der Waals surface area contributed by atoms with Crippen LogP contribution >= 0.6 is 0 Å². The molecule has 110 valence electrons. The van der Waals surface area contributed by atoms with Crippen LogP contribution in [0.2, 0.25) is 0 Å². The van der Waals surface area contributed by atoms with Gasteiger partial charge >= 0.3 is 0 Å². The van der Waals surface area contributed by atoms with Gasteiger partial charge in [-0.1, -0.05) is 12.8 Å². The van der Waals surface area contributed by atoms with Crippen molar-refractivity contribution in [3.05, 3.63) is 29.8 Å². The summed E-state index contributed by atoms with van der Waals surface area (Å²) < 4.78 is 22.7. The molecule has 0 atom stereocenters. The minimum Gasteiger partial charge on any atom is -0.394 e. The largest absolute Gasteiger partial charge is 0.394 e. The van der Waals surface area contributed by atoms with Crippen LogP contribution in [0, 0.1) is 0 Å². The summed E-state index contributed by atoms with van der Waals surface area (Å²) in [6, 6.07) is 5.83. The first kappa shape index (κ1) is 15.0. The van der Waals surface area contributed by atoms with Crippen LogP contribution in [0.5, 0.6) is 0 Å². The molecule has 0 radical (unpaired) electrons. The van der Waals surface area contributed by atoms with Crippen LogP contribution in [-0.4, -0.2) is 37.8 Å². The Balaban J connectivity index is 2.14. The van der Waals surface area contributed by atoms with E-state index in [1.54, 1.807) is 0 Å². The lowest BCUT2D eigenvalue weighted by Crippen LogP contribution is -2.49. The standard InChI is InChI=1S/C14H19NO4S/c1-20(18,19)12-6-4-11(5-7-12)13(17)15-14(10-16)8-2-3-9-14/h4-7,16H,2-3,8-10H2,1H3,(H,15,17). The Labute approximate surface area is 118 Å². The number of carbonyl (C=O) groups excluding carboxylic acids is 1. The van der Waals surface area contributed by atoms with Crippen molar-refractivity contribution >= 4 is 15.7 Å². The Hall–Kier alpha value is -1.40. The molecule has 1 aliphatic carbocycles. The van der Waals surface area contributed by atoms with Crippen molar-refractivity contribution in [2.24, 2.45) is 0 Å². The van der Waals surface area contributed by atoms with Crippen molar-refractivity contribution in [3.8, 4) is 0 Å². The third-order valence-corrected chi connectivity index (χ3v) is 4.92. The Morgan fingerprint density at radius 1 is 1.25 bits per heavy atom. The predicted octanol–water partition coefficient (Wildman–Crippen LogP) is 1.12. The highest BCUT2D eigenvalue weighted by atomic mass is 32.2. The van der Waals surface area contributed by atoms with Crippen LogP contribution in [0.1, 0.15) is 36.0 Å². The molecule has 20 heavy (non-hydrogen) atoms. The van der Waals surface area contributed by atoms with E-state index in [4.69, 9.17) is 0 Å². The monoisotopic (exact) mass is 297 g/mol. The highest BCUT2D eigenvalue weighted by Crippen LogP contribution is 2.29. The Morgan fingerprint density at radius 3 is 2.25 bits per heavy atom. The summed E-state index contributed by atoms with van der Waals surface area (Å²) in [5, 5.41) is 12.3. The van der Waals surface area contributed by atoms with Crippen molar-refractivity contribution in [2.75, 3.05) is 12.9 Å². The zero-order valence-corrected chi connectivity index (χ0v) is 12.2. The van der Waals surface area contributed by atoms with E-state index in [1.807, 2.05) is 0 Å². The molecule has 1 fully saturated rings. The van der Waals surface area contributed by atoms with E-state index < -0.39 is 15.4 Å². The van der Waals surface area contributed by atoms with E-state index in [2.05, 4.69) is 5.32 Å². The number of aliphatic hydroxyl groups excluding tert-OH is 1. The van der Waals surface area contributed by atoms with Gasteiger partial charge in [0.1, 0.15) is 0 Å². The van der Waals surface area contributed by atoms with Crippen molar-refractivity contribution in [1.29, 1.82) is 0 Å². The Bertz CT molecular complexity index is 586. The van der Waals surface area contributed by atoms with Gasteiger partial charge in [0, 0.05) is 11.8 Å². The minimum absolute atomic E-state index is 0.0693. The van der Waals surface area contributed by atoms with Crippen LogP contribution in [0.4, 0.5) is 0 Å². The van der Waals surface area contributed by atoms with E-state index in [9.17, 15) is 18.3 Å². The van der Waals surface area contributed by atoms with Gasteiger partial charge < -0.3 is 10.4 Å². The lowest BCUT2D eigenvalue weighted by molar-refractivity contribution is 0.0838. The third kappa shape index (κ3) is 3.19. The summed E-state index contributed by atoms with van der Waals surface area (Å²) >= 11 is 0. The molecule has 2 N–H and O–H groups in total. The fourth-order valence-electron chi connectivity index (χ4n) is 2.54. The second kappa shape index (κ2) is 5.54. The van der Waals surface area contributed by atoms with E-state index in [0.717, 1.165) is 31.9 Å². The molecule has 6 heteroatoms. The van der Waals surface area contributed by atoms with Crippen LogP contribution in [-0.2, 0) is 9.84 Å². The molecule has 0 saturated heterocycles. The van der Waals surface area contributed by atoms with E-state index >= 15 is 0 Å². The summed E-state index contributed by atoms with van der Waals surface area (Å²) in [6.45, 7) is -0.0693. The maximum absolute atomic E-state index is 12.2. The number of carbonyl (C=O) groups is 1. The number of aliphatic hydroxyl groups is 1. The fraction of sp³-hybridized carbons (Fsp3) is 0.500. The van der Waals surface area contributed by atoms with Crippen LogP contribution in [0.3, 0.4) is 0 Å². The molecular weight excluding hydrogens is 278 g/mol. The smallest absolute Gasteiger partial charge is 0.251 e. The Morgan fingerprint density at radius 2 is 1.80 bits per heavy atom. The summed E-state index contributed by atoms with van der Waals surface area (Å²) in [6.07, 6.45) is 4.66. The SMILES string of the molecule is CS(=O)(=O)c1ccc(C(=O)NC2(CO)CCCC2)cc1. The molecule has 1 amide bonds. The van der Waals surface area contributed by atoms with E-state index in [0.29, 0.717) is 5.56 Å². The maximum Gasteiger partial charge on any atom is 0.251 e. The average molecular weight is 297 g/mol. The van der Waals surface area contributed by atoms with Gasteiger partial charge in [-0.2, -0.15) is 0 Å². The maximum atomic E-state index is 12.2. The molecule has 1 aromatic rings. The van der Waals surface area contributed by atoms with Crippen LogP contribution in [0.25, 0.3) is 0 Å². The molecule has 1 aliphatic rings. The van der Waals surface area contributed by atoms with Crippen molar-refractivity contribution < 1.29 is 18.3 Å². The van der Waals surface area contributed by atoms with Gasteiger partial charge in [0.15, 0.2) is 9.84 Å². The lowest BCUT2D eigenvalue weighted by atomic mass is 9.98. The molecule has 0 spiro atoms. The number of hydrogen-bond donors (Lipinski definition) is 2. The molecule has 2 rings (SSSR count). The first-order chi connectivity index (χ1) is 9.36. The van der Waals surface area contributed by atoms with Crippen LogP contribution < -0.4 is 5.32 Å². The normalized spacial score (nSPS) is 17.9. The molecule has 1 saturated carbocycles. The highest BCUT2D eigenvalue weighted by Gasteiger charge is 2.34. The quantitative estimate of drug-likeness (QED) is 0.872. The summed E-state index contributed by atoms with van der Waals surface area (Å²) in [7, 11) is -3.26. The molecule has 0 unspecified atom stereocenters. The van der Waals surface area contributed by atoms with Crippen molar-refractivity contribution in [3.63, 3.8) is 0 Å². The summed E-state index contributed by atoms with van der Waals surface area (Å²) in [4.78, 5) is 12.3. The zero-order valence-electron chi connectivity index (χ0n) is 11.4. The van der Waals surface area contributed by atoms with Gasteiger partial charge in [-0.3, -0.25) is 4.79 Å². The van der Waals surface area contributed by atoms with Gasteiger partial charge in [-0.25, -0.2) is 8.42 Å². The molecule has 5 nitrogen and oxygen atoms in total. The number of sulfone groups is 1. The topological polar surface area (TPSA) is 83.5 Å².